The van der Waals surface area contributed by atoms with Gasteiger partial charge in [0, 0.05) is 25.1 Å². The topological polar surface area (TPSA) is 145 Å². The standard InChI is InChI=1S/C23H32N6O3/c1-14(2)11-19(21(25)31)28-23-26-13-18(20(24)30)22(29-23)27-17-5-3-15(4-6-17)12-16-7-9-32-10-8-16/h3-6,13-14,16,19H,7-12H2,1-2H3,(H2,24,30)(H2,25,31)(H2,26,27,28,29)/t19-/m1/s1. The number of carbonyl (C=O) groups is 2. The van der Waals surface area contributed by atoms with Crippen LogP contribution in [0.2, 0.25) is 0 Å². The van der Waals surface area contributed by atoms with Crippen LogP contribution in [0.5, 0.6) is 0 Å². The number of hydrogen-bond donors (Lipinski definition) is 4. The number of rotatable bonds is 10. The third-order valence-corrected chi connectivity index (χ3v) is 5.49. The van der Waals surface area contributed by atoms with Crippen LogP contribution in [0, 0.1) is 11.8 Å². The molecule has 2 amide bonds. The van der Waals surface area contributed by atoms with Gasteiger partial charge in [0.25, 0.3) is 5.91 Å². The summed E-state index contributed by atoms with van der Waals surface area (Å²) in [5, 5.41) is 6.10. The molecule has 0 spiro atoms. The van der Waals surface area contributed by atoms with Crippen LogP contribution in [0.1, 0.15) is 49.0 Å². The summed E-state index contributed by atoms with van der Waals surface area (Å²) in [5.74, 6) is 0.212. The van der Waals surface area contributed by atoms with Crippen molar-refractivity contribution in [2.24, 2.45) is 23.3 Å². The summed E-state index contributed by atoms with van der Waals surface area (Å²) in [5.41, 5.74) is 13.2. The molecule has 1 saturated heterocycles. The maximum absolute atomic E-state index is 11.9. The number of nitrogens with two attached hydrogens (primary N) is 2. The molecule has 0 unspecified atom stereocenters. The van der Waals surface area contributed by atoms with Gasteiger partial charge in [0.2, 0.25) is 11.9 Å². The first-order valence-electron chi connectivity index (χ1n) is 11.0. The van der Waals surface area contributed by atoms with Gasteiger partial charge in [0.05, 0.1) is 0 Å². The van der Waals surface area contributed by atoms with Gasteiger partial charge >= 0.3 is 0 Å². The fourth-order valence-corrected chi connectivity index (χ4v) is 3.75. The molecule has 0 aliphatic carbocycles. The molecule has 1 aliphatic heterocycles. The van der Waals surface area contributed by atoms with Gasteiger partial charge < -0.3 is 26.8 Å². The van der Waals surface area contributed by atoms with E-state index in [0.29, 0.717) is 12.3 Å². The minimum atomic E-state index is -0.649. The van der Waals surface area contributed by atoms with Crippen molar-refractivity contribution < 1.29 is 14.3 Å². The molecule has 0 saturated carbocycles. The van der Waals surface area contributed by atoms with E-state index in [4.69, 9.17) is 16.2 Å². The number of carbonyl (C=O) groups excluding carboxylic acids is 2. The summed E-state index contributed by atoms with van der Waals surface area (Å²) in [4.78, 5) is 32.2. The Morgan fingerprint density at radius 3 is 2.44 bits per heavy atom. The third kappa shape index (κ3) is 6.65. The molecule has 1 aromatic heterocycles. The Balaban J connectivity index is 1.74. The lowest BCUT2D eigenvalue weighted by Crippen LogP contribution is -2.37. The van der Waals surface area contributed by atoms with Crippen LogP contribution in [0.15, 0.2) is 30.5 Å². The molecule has 1 aromatic carbocycles. The van der Waals surface area contributed by atoms with Crippen molar-refractivity contribution in [1.82, 2.24) is 9.97 Å². The molecule has 3 rings (SSSR count). The van der Waals surface area contributed by atoms with Gasteiger partial charge in [-0.2, -0.15) is 4.98 Å². The molecule has 9 nitrogen and oxygen atoms in total. The van der Waals surface area contributed by atoms with Crippen molar-refractivity contribution >= 4 is 29.3 Å². The first kappa shape index (κ1) is 23.5. The molecule has 0 radical (unpaired) electrons. The smallest absolute Gasteiger partial charge is 0.254 e. The van der Waals surface area contributed by atoms with E-state index in [1.165, 1.54) is 11.8 Å². The molecule has 2 heterocycles. The lowest BCUT2D eigenvalue weighted by Gasteiger charge is -2.22. The zero-order valence-corrected chi connectivity index (χ0v) is 18.6. The monoisotopic (exact) mass is 440 g/mol. The molecule has 1 aliphatic rings. The number of primary amides is 2. The van der Waals surface area contributed by atoms with Gasteiger partial charge in [-0.25, -0.2) is 4.98 Å². The van der Waals surface area contributed by atoms with Crippen molar-refractivity contribution in [2.45, 2.75) is 45.6 Å². The van der Waals surface area contributed by atoms with Crippen LogP contribution in [0.4, 0.5) is 17.5 Å². The fourth-order valence-electron chi connectivity index (χ4n) is 3.75. The summed E-state index contributed by atoms with van der Waals surface area (Å²) in [6.45, 7) is 5.65. The number of nitrogens with one attached hydrogen (secondary N) is 2. The molecule has 6 N–H and O–H groups in total. The average Bonchev–Trinajstić information content (AvgIpc) is 2.75. The number of nitrogens with zero attached hydrogens (tertiary/aromatic N) is 2. The second-order valence-corrected chi connectivity index (χ2v) is 8.63. The predicted molar refractivity (Wildman–Crippen MR) is 124 cm³/mol. The van der Waals surface area contributed by atoms with Crippen LogP contribution < -0.4 is 22.1 Å². The molecule has 9 heteroatoms. The Morgan fingerprint density at radius 2 is 1.84 bits per heavy atom. The molecule has 1 atom stereocenters. The zero-order chi connectivity index (χ0) is 23.1. The van der Waals surface area contributed by atoms with E-state index in [-0.39, 0.29) is 23.2 Å². The van der Waals surface area contributed by atoms with Crippen LogP contribution in [0.3, 0.4) is 0 Å². The van der Waals surface area contributed by atoms with E-state index >= 15 is 0 Å². The number of aromatic nitrogens is 2. The van der Waals surface area contributed by atoms with Gasteiger partial charge in [0.1, 0.15) is 17.4 Å². The van der Waals surface area contributed by atoms with Gasteiger partial charge in [-0.05, 0) is 55.2 Å². The molecule has 2 aromatic rings. The highest BCUT2D eigenvalue weighted by atomic mass is 16.5. The lowest BCUT2D eigenvalue weighted by atomic mass is 9.92. The van der Waals surface area contributed by atoms with Gasteiger partial charge in [0.15, 0.2) is 0 Å². The van der Waals surface area contributed by atoms with Crippen molar-refractivity contribution in [3.63, 3.8) is 0 Å². The van der Waals surface area contributed by atoms with Gasteiger partial charge in [-0.15, -0.1) is 0 Å². The first-order chi connectivity index (χ1) is 15.3. The van der Waals surface area contributed by atoms with E-state index in [9.17, 15) is 9.59 Å². The lowest BCUT2D eigenvalue weighted by molar-refractivity contribution is -0.119. The van der Waals surface area contributed by atoms with Crippen molar-refractivity contribution in [3.05, 3.63) is 41.6 Å². The Morgan fingerprint density at radius 1 is 1.16 bits per heavy atom. The largest absolute Gasteiger partial charge is 0.381 e. The van der Waals surface area contributed by atoms with Crippen molar-refractivity contribution in [1.29, 1.82) is 0 Å². The zero-order valence-electron chi connectivity index (χ0n) is 18.6. The van der Waals surface area contributed by atoms with Crippen LogP contribution in [-0.4, -0.2) is 41.0 Å². The Labute approximate surface area is 188 Å². The number of amides is 2. The highest BCUT2D eigenvalue weighted by Crippen LogP contribution is 2.24. The highest BCUT2D eigenvalue weighted by Gasteiger charge is 2.20. The van der Waals surface area contributed by atoms with E-state index in [0.717, 1.165) is 38.2 Å². The molecular weight excluding hydrogens is 408 g/mol. The van der Waals surface area contributed by atoms with Gasteiger partial charge in [-0.3, -0.25) is 9.59 Å². The average molecular weight is 441 g/mol. The SMILES string of the molecule is CC(C)C[C@@H](Nc1ncc(C(N)=O)c(Nc2ccc(CC3CCOCC3)cc2)n1)C(N)=O. The summed E-state index contributed by atoms with van der Waals surface area (Å²) >= 11 is 0. The maximum Gasteiger partial charge on any atom is 0.254 e. The molecule has 1 fully saturated rings. The van der Waals surface area contributed by atoms with Crippen LogP contribution in [-0.2, 0) is 16.0 Å². The van der Waals surface area contributed by atoms with Crippen LogP contribution >= 0.6 is 0 Å². The Kier molecular flexibility index (Phi) is 7.99. The quantitative estimate of drug-likeness (QED) is 0.444. The second-order valence-electron chi connectivity index (χ2n) is 8.63. The van der Waals surface area contributed by atoms with E-state index in [1.807, 2.05) is 26.0 Å². The van der Waals surface area contributed by atoms with Crippen molar-refractivity contribution in [2.75, 3.05) is 23.8 Å². The normalized spacial score (nSPS) is 15.3. The summed E-state index contributed by atoms with van der Waals surface area (Å²) < 4.78 is 5.43. The number of ether oxygens (including phenoxy) is 1. The Hall–Kier alpha value is -3.20. The summed E-state index contributed by atoms with van der Waals surface area (Å²) in [6.07, 6.45) is 5.06. The minimum Gasteiger partial charge on any atom is -0.381 e. The fraction of sp³-hybridized carbons (Fsp3) is 0.478. The second kappa shape index (κ2) is 10.9. The minimum absolute atomic E-state index is 0.154. The van der Waals surface area contributed by atoms with E-state index in [2.05, 4.69) is 32.7 Å². The number of hydrogen-bond acceptors (Lipinski definition) is 7. The van der Waals surface area contributed by atoms with Gasteiger partial charge in [-0.1, -0.05) is 26.0 Å². The van der Waals surface area contributed by atoms with Crippen LogP contribution in [0.25, 0.3) is 0 Å². The Bertz CT molecular complexity index is 926. The highest BCUT2D eigenvalue weighted by molar-refractivity contribution is 5.98. The summed E-state index contributed by atoms with van der Waals surface area (Å²) in [6, 6.07) is 7.40. The third-order valence-electron chi connectivity index (χ3n) is 5.49. The first-order valence-corrected chi connectivity index (χ1v) is 11.0. The van der Waals surface area contributed by atoms with Crippen molar-refractivity contribution in [3.8, 4) is 0 Å². The van der Waals surface area contributed by atoms with E-state index < -0.39 is 17.9 Å². The molecule has 0 bridgehead atoms. The molecule has 32 heavy (non-hydrogen) atoms. The predicted octanol–water partition coefficient (Wildman–Crippen LogP) is 2.60. The molecule has 172 valence electrons. The molecular formula is C23H32N6O3. The number of anilines is 3. The maximum atomic E-state index is 11.9. The van der Waals surface area contributed by atoms with E-state index in [1.54, 1.807) is 0 Å². The number of benzene rings is 1. The summed E-state index contributed by atoms with van der Waals surface area (Å²) in [7, 11) is 0.